The summed E-state index contributed by atoms with van der Waals surface area (Å²) in [5.41, 5.74) is 1.41. The zero-order chi connectivity index (χ0) is 16.4. The third-order valence-corrected chi connectivity index (χ3v) is 4.17. The maximum atomic E-state index is 13.1. The SMILES string of the molecule is COc1cccc(C(=O)N2CCC2c2ccc(F)cc2)c1OC. The van der Waals surface area contributed by atoms with Crippen molar-refractivity contribution in [2.75, 3.05) is 20.8 Å². The lowest BCUT2D eigenvalue weighted by Crippen LogP contribution is -2.45. The Balaban J connectivity index is 1.88. The predicted molar refractivity (Wildman–Crippen MR) is 84.3 cm³/mol. The van der Waals surface area contributed by atoms with Crippen molar-refractivity contribution in [2.45, 2.75) is 12.5 Å². The molecule has 5 heteroatoms. The number of carbonyl (C=O) groups excluding carboxylic acids is 1. The van der Waals surface area contributed by atoms with Crippen molar-refractivity contribution in [3.8, 4) is 11.5 Å². The van der Waals surface area contributed by atoms with E-state index in [1.54, 1.807) is 35.2 Å². The number of amides is 1. The number of hydrogen-bond acceptors (Lipinski definition) is 3. The molecule has 1 aliphatic heterocycles. The normalized spacial score (nSPS) is 16.7. The first kappa shape index (κ1) is 15.3. The molecule has 1 heterocycles. The van der Waals surface area contributed by atoms with Gasteiger partial charge in [0.2, 0.25) is 0 Å². The van der Waals surface area contributed by atoms with Gasteiger partial charge < -0.3 is 14.4 Å². The fourth-order valence-electron chi connectivity index (χ4n) is 2.87. The number of para-hydroxylation sites is 1. The molecule has 0 aliphatic carbocycles. The van der Waals surface area contributed by atoms with Crippen LogP contribution in [0, 0.1) is 5.82 Å². The third-order valence-electron chi connectivity index (χ3n) is 4.17. The first-order valence-corrected chi connectivity index (χ1v) is 7.43. The molecular weight excluding hydrogens is 297 g/mol. The lowest BCUT2D eigenvalue weighted by molar-refractivity contribution is 0.0456. The minimum atomic E-state index is -0.277. The van der Waals surface area contributed by atoms with Crippen molar-refractivity contribution in [2.24, 2.45) is 0 Å². The second kappa shape index (κ2) is 6.28. The second-order valence-corrected chi connectivity index (χ2v) is 5.40. The van der Waals surface area contributed by atoms with E-state index >= 15 is 0 Å². The van der Waals surface area contributed by atoms with Gasteiger partial charge in [-0.1, -0.05) is 18.2 Å². The fraction of sp³-hybridized carbons (Fsp3) is 0.278. The third kappa shape index (κ3) is 2.74. The number of carbonyl (C=O) groups is 1. The predicted octanol–water partition coefficient (Wildman–Crippen LogP) is 3.43. The van der Waals surface area contributed by atoms with Gasteiger partial charge >= 0.3 is 0 Å². The van der Waals surface area contributed by atoms with Crippen molar-refractivity contribution in [3.05, 3.63) is 59.4 Å². The number of benzene rings is 2. The lowest BCUT2D eigenvalue weighted by atomic mass is 9.93. The average Bonchev–Trinajstić information content (AvgIpc) is 2.54. The maximum absolute atomic E-state index is 13.1. The second-order valence-electron chi connectivity index (χ2n) is 5.40. The van der Waals surface area contributed by atoms with E-state index in [2.05, 4.69) is 0 Å². The molecule has 1 unspecified atom stereocenters. The Morgan fingerprint density at radius 1 is 1.13 bits per heavy atom. The molecule has 2 aromatic rings. The van der Waals surface area contributed by atoms with Crippen LogP contribution in [0.1, 0.15) is 28.4 Å². The Kier molecular flexibility index (Phi) is 4.19. The lowest BCUT2D eigenvalue weighted by Gasteiger charge is -2.41. The van der Waals surface area contributed by atoms with E-state index in [1.807, 2.05) is 0 Å². The standard InChI is InChI=1S/C18H18FNO3/c1-22-16-5-3-4-14(17(16)23-2)18(21)20-11-10-15(20)12-6-8-13(19)9-7-12/h3-9,15H,10-11H2,1-2H3. The van der Waals surface area contributed by atoms with Crippen LogP contribution in [0.5, 0.6) is 11.5 Å². The molecule has 0 spiro atoms. The molecule has 1 aliphatic rings. The van der Waals surface area contributed by atoms with Gasteiger partial charge in [-0.15, -0.1) is 0 Å². The number of methoxy groups -OCH3 is 2. The summed E-state index contributed by atoms with van der Waals surface area (Å²) in [4.78, 5) is 14.6. The molecule has 1 fully saturated rings. The van der Waals surface area contributed by atoms with E-state index in [9.17, 15) is 9.18 Å². The minimum absolute atomic E-state index is 0.0287. The molecule has 4 nitrogen and oxygen atoms in total. The fourth-order valence-corrected chi connectivity index (χ4v) is 2.87. The molecule has 2 aromatic carbocycles. The van der Waals surface area contributed by atoms with E-state index < -0.39 is 0 Å². The molecule has 1 atom stereocenters. The Hall–Kier alpha value is -2.56. The van der Waals surface area contributed by atoms with Crippen LogP contribution >= 0.6 is 0 Å². The Bertz CT molecular complexity index is 715. The van der Waals surface area contributed by atoms with Crippen LogP contribution in [0.3, 0.4) is 0 Å². The van der Waals surface area contributed by atoms with Gasteiger partial charge in [-0.05, 0) is 36.2 Å². The summed E-state index contributed by atoms with van der Waals surface area (Å²) in [7, 11) is 3.05. The first-order chi connectivity index (χ1) is 11.2. The number of rotatable bonds is 4. The van der Waals surface area contributed by atoms with E-state index in [0.29, 0.717) is 23.6 Å². The molecular formula is C18H18FNO3. The monoisotopic (exact) mass is 315 g/mol. The maximum Gasteiger partial charge on any atom is 0.258 e. The zero-order valence-corrected chi connectivity index (χ0v) is 13.1. The van der Waals surface area contributed by atoms with Gasteiger partial charge in [0, 0.05) is 6.54 Å². The number of likely N-dealkylation sites (tertiary alicyclic amines) is 1. The summed E-state index contributed by atoms with van der Waals surface area (Å²) in [5.74, 6) is 0.573. The van der Waals surface area contributed by atoms with Crippen LogP contribution in [-0.2, 0) is 0 Å². The van der Waals surface area contributed by atoms with E-state index in [0.717, 1.165) is 12.0 Å². The Morgan fingerprint density at radius 2 is 1.87 bits per heavy atom. The average molecular weight is 315 g/mol. The number of ether oxygens (including phenoxy) is 2. The topological polar surface area (TPSA) is 38.8 Å². The quantitative estimate of drug-likeness (QED) is 0.867. The largest absolute Gasteiger partial charge is 0.493 e. The van der Waals surface area contributed by atoms with Crippen LogP contribution < -0.4 is 9.47 Å². The molecule has 1 amide bonds. The number of hydrogen-bond donors (Lipinski definition) is 0. The molecule has 3 rings (SSSR count). The van der Waals surface area contributed by atoms with E-state index in [-0.39, 0.29) is 17.8 Å². The molecule has 0 radical (unpaired) electrons. The summed E-state index contributed by atoms with van der Waals surface area (Å²) in [5, 5.41) is 0. The Morgan fingerprint density at radius 3 is 2.43 bits per heavy atom. The van der Waals surface area contributed by atoms with Crippen LogP contribution in [0.4, 0.5) is 4.39 Å². The summed E-state index contributed by atoms with van der Waals surface area (Å²) < 4.78 is 23.7. The molecule has 23 heavy (non-hydrogen) atoms. The van der Waals surface area contributed by atoms with E-state index in [1.165, 1.54) is 26.4 Å². The van der Waals surface area contributed by atoms with Crippen molar-refractivity contribution < 1.29 is 18.7 Å². The first-order valence-electron chi connectivity index (χ1n) is 7.43. The van der Waals surface area contributed by atoms with Gasteiger partial charge in [0.1, 0.15) is 5.82 Å². The van der Waals surface area contributed by atoms with Crippen LogP contribution in [-0.4, -0.2) is 31.6 Å². The van der Waals surface area contributed by atoms with E-state index in [4.69, 9.17) is 9.47 Å². The van der Waals surface area contributed by atoms with Crippen LogP contribution in [0.2, 0.25) is 0 Å². The summed E-state index contributed by atoms with van der Waals surface area (Å²) in [6, 6.07) is 11.5. The van der Waals surface area contributed by atoms with Gasteiger partial charge in [0.25, 0.3) is 5.91 Å². The summed E-state index contributed by atoms with van der Waals surface area (Å²) >= 11 is 0. The molecule has 0 aromatic heterocycles. The molecule has 0 bridgehead atoms. The van der Waals surface area contributed by atoms with Gasteiger partial charge in [-0.25, -0.2) is 4.39 Å². The van der Waals surface area contributed by atoms with Gasteiger partial charge in [0.05, 0.1) is 25.8 Å². The van der Waals surface area contributed by atoms with Crippen molar-refractivity contribution in [3.63, 3.8) is 0 Å². The number of halogens is 1. The number of nitrogens with zero attached hydrogens (tertiary/aromatic N) is 1. The van der Waals surface area contributed by atoms with Crippen molar-refractivity contribution in [1.82, 2.24) is 4.90 Å². The smallest absolute Gasteiger partial charge is 0.258 e. The molecule has 1 saturated heterocycles. The zero-order valence-electron chi connectivity index (χ0n) is 13.1. The van der Waals surface area contributed by atoms with Gasteiger partial charge in [0.15, 0.2) is 11.5 Å². The minimum Gasteiger partial charge on any atom is -0.493 e. The molecule has 120 valence electrons. The highest BCUT2D eigenvalue weighted by Crippen LogP contribution is 2.38. The van der Waals surface area contributed by atoms with Crippen LogP contribution in [0.25, 0.3) is 0 Å². The Labute approximate surface area is 134 Å². The summed E-state index contributed by atoms with van der Waals surface area (Å²) in [6.45, 7) is 0.668. The highest BCUT2D eigenvalue weighted by Gasteiger charge is 2.35. The molecule has 0 N–H and O–H groups in total. The highest BCUT2D eigenvalue weighted by molar-refractivity contribution is 5.98. The van der Waals surface area contributed by atoms with Crippen LogP contribution in [0.15, 0.2) is 42.5 Å². The van der Waals surface area contributed by atoms with Gasteiger partial charge in [-0.3, -0.25) is 4.79 Å². The highest BCUT2D eigenvalue weighted by atomic mass is 19.1. The van der Waals surface area contributed by atoms with Crippen molar-refractivity contribution in [1.29, 1.82) is 0 Å². The summed E-state index contributed by atoms with van der Waals surface area (Å²) in [6.07, 6.45) is 0.865. The molecule has 0 saturated carbocycles. The van der Waals surface area contributed by atoms with Crippen molar-refractivity contribution >= 4 is 5.91 Å². The van der Waals surface area contributed by atoms with Gasteiger partial charge in [-0.2, -0.15) is 0 Å².